The zero-order valence-electron chi connectivity index (χ0n) is 18.2. The molecule has 0 atom stereocenters. The van der Waals surface area contributed by atoms with Crippen LogP contribution in [0.4, 0.5) is 0 Å². The van der Waals surface area contributed by atoms with E-state index in [1.807, 2.05) is 38.4 Å². The van der Waals surface area contributed by atoms with Crippen molar-refractivity contribution in [2.75, 3.05) is 34.4 Å². The van der Waals surface area contributed by atoms with Crippen LogP contribution in [0, 0.1) is 0 Å². The second kappa shape index (κ2) is 9.77. The van der Waals surface area contributed by atoms with Gasteiger partial charge < -0.3 is 14.4 Å². The maximum absolute atomic E-state index is 13.6. The number of benzene rings is 3. The highest BCUT2D eigenvalue weighted by Gasteiger charge is 2.27. The maximum Gasteiger partial charge on any atom is 0.226 e. The van der Waals surface area contributed by atoms with Gasteiger partial charge in [-0.15, -0.1) is 12.4 Å². The lowest BCUT2D eigenvalue weighted by Gasteiger charge is -2.12. The number of sulfone groups is 1. The molecule has 170 valence electrons. The topological polar surface area (TPSA) is 84.5 Å². The normalized spacial score (nSPS) is 11.6. The third-order valence-corrected chi connectivity index (χ3v) is 6.87. The highest BCUT2D eigenvalue weighted by Crippen LogP contribution is 2.36. The van der Waals surface area contributed by atoms with E-state index in [-0.39, 0.29) is 22.3 Å². The average Bonchev–Trinajstić information content (AvgIpc) is 3.21. The van der Waals surface area contributed by atoms with E-state index < -0.39 is 9.84 Å². The standard InChI is InChI=1S/C23H25N3O4S.ClH/c1-26(2)12-7-13-30-20-15-17(29-3)14-19-22(20)24-25-23(19)31(27,28)21-11-6-9-16-8-4-5-10-18(16)21;/h4-6,8-11,14-15H,7,12-13H2,1-3H3,(H,24,25);1H. The van der Waals surface area contributed by atoms with Crippen molar-refractivity contribution in [1.29, 1.82) is 0 Å². The van der Waals surface area contributed by atoms with E-state index in [9.17, 15) is 8.42 Å². The molecule has 1 aromatic heterocycles. The Hall–Kier alpha value is -2.81. The monoisotopic (exact) mass is 475 g/mol. The minimum Gasteiger partial charge on any atom is -0.497 e. The van der Waals surface area contributed by atoms with Crippen LogP contribution in [0.1, 0.15) is 6.42 Å². The molecule has 4 aromatic rings. The number of H-pyrrole nitrogens is 1. The third kappa shape index (κ3) is 4.53. The van der Waals surface area contributed by atoms with Crippen molar-refractivity contribution in [2.45, 2.75) is 16.3 Å². The van der Waals surface area contributed by atoms with Gasteiger partial charge in [0.1, 0.15) is 17.0 Å². The molecule has 7 nitrogen and oxygen atoms in total. The fourth-order valence-corrected chi connectivity index (χ4v) is 5.13. The molecule has 1 N–H and O–H groups in total. The molecule has 0 aliphatic rings. The molecule has 0 fully saturated rings. The maximum atomic E-state index is 13.6. The Bertz CT molecular complexity index is 1330. The second-order valence-electron chi connectivity index (χ2n) is 7.56. The predicted molar refractivity (Wildman–Crippen MR) is 128 cm³/mol. The second-order valence-corrected chi connectivity index (χ2v) is 9.40. The number of fused-ring (bicyclic) bond motifs is 2. The van der Waals surface area contributed by atoms with Gasteiger partial charge >= 0.3 is 0 Å². The van der Waals surface area contributed by atoms with Gasteiger partial charge in [0.15, 0.2) is 5.03 Å². The fourth-order valence-electron chi connectivity index (χ4n) is 3.57. The Morgan fingerprint density at radius 2 is 1.78 bits per heavy atom. The summed E-state index contributed by atoms with van der Waals surface area (Å²) in [7, 11) is 1.66. The number of hydrogen-bond acceptors (Lipinski definition) is 6. The Morgan fingerprint density at radius 1 is 1.03 bits per heavy atom. The molecule has 0 amide bonds. The first-order valence-corrected chi connectivity index (χ1v) is 11.5. The summed E-state index contributed by atoms with van der Waals surface area (Å²) in [6.45, 7) is 1.38. The first kappa shape index (κ1) is 23.8. The van der Waals surface area contributed by atoms with Gasteiger partial charge in [-0.3, -0.25) is 5.10 Å². The van der Waals surface area contributed by atoms with Gasteiger partial charge in [-0.2, -0.15) is 5.10 Å². The van der Waals surface area contributed by atoms with Crippen LogP contribution < -0.4 is 9.47 Å². The Labute approximate surface area is 193 Å². The molecule has 0 spiro atoms. The van der Waals surface area contributed by atoms with Gasteiger partial charge in [0.05, 0.1) is 18.6 Å². The molecule has 0 saturated heterocycles. The number of methoxy groups -OCH3 is 1. The molecule has 32 heavy (non-hydrogen) atoms. The molecule has 9 heteroatoms. The summed E-state index contributed by atoms with van der Waals surface area (Å²) in [4.78, 5) is 2.30. The fraction of sp³-hybridized carbons (Fsp3) is 0.261. The summed E-state index contributed by atoms with van der Waals surface area (Å²) in [6, 6.07) is 16.0. The van der Waals surface area contributed by atoms with Crippen LogP contribution in [0.2, 0.25) is 0 Å². The highest BCUT2D eigenvalue weighted by atomic mass is 35.5. The van der Waals surface area contributed by atoms with Crippen molar-refractivity contribution >= 4 is 43.9 Å². The van der Waals surface area contributed by atoms with E-state index in [4.69, 9.17) is 9.47 Å². The molecule has 0 saturated carbocycles. The number of hydrogen-bond donors (Lipinski definition) is 1. The van der Waals surface area contributed by atoms with Crippen molar-refractivity contribution < 1.29 is 17.9 Å². The van der Waals surface area contributed by atoms with Gasteiger partial charge in [0, 0.05) is 23.4 Å². The number of ether oxygens (including phenoxy) is 2. The van der Waals surface area contributed by atoms with E-state index in [2.05, 4.69) is 15.1 Å². The molecular weight excluding hydrogens is 450 g/mol. The summed E-state index contributed by atoms with van der Waals surface area (Å²) >= 11 is 0. The van der Waals surface area contributed by atoms with Crippen molar-refractivity contribution in [3.05, 3.63) is 54.6 Å². The minimum absolute atomic E-state index is 0. The lowest BCUT2D eigenvalue weighted by Crippen LogP contribution is -2.15. The van der Waals surface area contributed by atoms with Crippen molar-refractivity contribution in [1.82, 2.24) is 15.1 Å². The van der Waals surface area contributed by atoms with Gasteiger partial charge in [-0.05, 0) is 38.0 Å². The SMILES string of the molecule is COc1cc(OCCCN(C)C)c2[nH]nc(S(=O)(=O)c3cccc4ccccc34)c2c1.Cl. The molecular formula is C23H26ClN3O4S. The van der Waals surface area contributed by atoms with Crippen LogP contribution in [0.15, 0.2) is 64.5 Å². The van der Waals surface area contributed by atoms with Crippen LogP contribution in [0.3, 0.4) is 0 Å². The minimum atomic E-state index is -3.89. The van der Waals surface area contributed by atoms with Gasteiger partial charge in [-0.25, -0.2) is 8.42 Å². The Morgan fingerprint density at radius 3 is 2.53 bits per heavy atom. The van der Waals surface area contributed by atoms with E-state index in [1.165, 1.54) is 7.11 Å². The highest BCUT2D eigenvalue weighted by molar-refractivity contribution is 7.91. The van der Waals surface area contributed by atoms with Crippen LogP contribution in [0.5, 0.6) is 11.5 Å². The molecule has 3 aromatic carbocycles. The molecule has 0 radical (unpaired) electrons. The first-order chi connectivity index (χ1) is 14.9. The summed E-state index contributed by atoms with van der Waals surface area (Å²) in [5, 5.41) is 8.95. The number of rotatable bonds is 8. The van der Waals surface area contributed by atoms with Crippen LogP contribution in [-0.4, -0.2) is 57.9 Å². The molecule has 0 aliphatic carbocycles. The number of aromatic nitrogens is 2. The van der Waals surface area contributed by atoms with Crippen molar-refractivity contribution in [2.24, 2.45) is 0 Å². The van der Waals surface area contributed by atoms with Crippen LogP contribution >= 0.6 is 12.4 Å². The lowest BCUT2D eigenvalue weighted by molar-refractivity contribution is 0.282. The molecule has 0 bridgehead atoms. The number of nitrogens with zero attached hydrogens (tertiary/aromatic N) is 2. The number of aromatic amines is 1. The van der Waals surface area contributed by atoms with Crippen molar-refractivity contribution in [3.63, 3.8) is 0 Å². The summed E-state index contributed by atoms with van der Waals surface area (Å²) in [5.41, 5.74) is 0.532. The Balaban J connectivity index is 0.00000289. The average molecular weight is 476 g/mol. The van der Waals surface area contributed by atoms with E-state index in [0.717, 1.165) is 18.4 Å². The third-order valence-electron chi connectivity index (χ3n) is 5.11. The smallest absolute Gasteiger partial charge is 0.226 e. The summed E-state index contributed by atoms with van der Waals surface area (Å²) < 4.78 is 38.5. The largest absolute Gasteiger partial charge is 0.497 e. The van der Waals surface area contributed by atoms with Crippen molar-refractivity contribution in [3.8, 4) is 11.5 Å². The zero-order valence-corrected chi connectivity index (χ0v) is 19.8. The van der Waals surface area contributed by atoms with Crippen LogP contribution in [0.25, 0.3) is 21.7 Å². The molecule has 0 aliphatic heterocycles. The first-order valence-electron chi connectivity index (χ1n) is 9.98. The quantitative estimate of drug-likeness (QED) is 0.382. The van der Waals surface area contributed by atoms with E-state index in [1.54, 1.807) is 30.3 Å². The zero-order chi connectivity index (χ0) is 22.0. The van der Waals surface area contributed by atoms with E-state index >= 15 is 0 Å². The molecule has 1 heterocycles. The van der Waals surface area contributed by atoms with Crippen LogP contribution in [-0.2, 0) is 9.84 Å². The number of halogens is 1. The predicted octanol–water partition coefficient (Wildman–Crippen LogP) is 4.31. The van der Waals surface area contributed by atoms with Gasteiger partial charge in [-0.1, -0.05) is 36.4 Å². The summed E-state index contributed by atoms with van der Waals surface area (Å²) in [6.07, 6.45) is 0.834. The van der Waals surface area contributed by atoms with E-state index in [0.29, 0.717) is 34.4 Å². The summed E-state index contributed by atoms with van der Waals surface area (Å²) in [5.74, 6) is 1.02. The number of nitrogens with one attached hydrogen (secondary N) is 1. The molecule has 4 rings (SSSR count). The lowest BCUT2D eigenvalue weighted by atomic mass is 10.1. The molecule has 0 unspecified atom stereocenters. The Kier molecular flexibility index (Phi) is 7.28. The van der Waals surface area contributed by atoms with Gasteiger partial charge in [0.2, 0.25) is 9.84 Å². The van der Waals surface area contributed by atoms with Gasteiger partial charge in [0.25, 0.3) is 0 Å².